The molecular weight excluding hydrogens is 360 g/mol. The van der Waals surface area contributed by atoms with Crippen molar-refractivity contribution in [2.75, 3.05) is 19.5 Å². The smallest absolute Gasteiger partial charge is 0.336 e. The summed E-state index contributed by atoms with van der Waals surface area (Å²) in [5.74, 6) is -1.26. The molecule has 1 N–H and O–H groups in total. The fourth-order valence-electron chi connectivity index (χ4n) is 2.48. The van der Waals surface area contributed by atoms with Gasteiger partial charge in [0.2, 0.25) is 0 Å². The first-order valence-electron chi connectivity index (χ1n) is 7.55. The van der Waals surface area contributed by atoms with Crippen LogP contribution in [0.1, 0.15) is 24.6 Å². The summed E-state index contributed by atoms with van der Waals surface area (Å²) in [5, 5.41) is 15.2. The van der Waals surface area contributed by atoms with Gasteiger partial charge in [-0.25, -0.2) is 4.79 Å². The van der Waals surface area contributed by atoms with Crippen LogP contribution in [0.25, 0.3) is 0 Å². The first-order valence-corrected chi connectivity index (χ1v) is 9.42. The minimum Gasteiger partial charge on any atom is -0.466 e. The van der Waals surface area contributed by atoms with Crippen LogP contribution in [0.5, 0.6) is 0 Å². The van der Waals surface area contributed by atoms with Crippen molar-refractivity contribution in [3.8, 4) is 6.07 Å². The van der Waals surface area contributed by atoms with E-state index in [4.69, 9.17) is 9.47 Å². The molecule has 8 heteroatoms. The quantitative estimate of drug-likeness (QED) is 0.761. The van der Waals surface area contributed by atoms with Crippen LogP contribution in [0.2, 0.25) is 0 Å². The van der Waals surface area contributed by atoms with Crippen LogP contribution in [-0.2, 0) is 19.1 Å². The van der Waals surface area contributed by atoms with Gasteiger partial charge >= 0.3 is 11.9 Å². The van der Waals surface area contributed by atoms with Crippen molar-refractivity contribution in [1.82, 2.24) is 5.32 Å². The zero-order valence-corrected chi connectivity index (χ0v) is 15.8. The van der Waals surface area contributed by atoms with Gasteiger partial charge in [0, 0.05) is 10.6 Å². The van der Waals surface area contributed by atoms with Gasteiger partial charge in [0.05, 0.1) is 47.6 Å². The molecule has 1 aromatic rings. The molecule has 0 spiro atoms. The van der Waals surface area contributed by atoms with Crippen LogP contribution < -0.4 is 5.32 Å². The van der Waals surface area contributed by atoms with Gasteiger partial charge in [0.15, 0.2) is 0 Å². The molecule has 2 heterocycles. The Hall–Kier alpha value is -2.24. The van der Waals surface area contributed by atoms with Crippen molar-refractivity contribution in [3.05, 3.63) is 44.3 Å². The second kappa shape index (κ2) is 8.74. The van der Waals surface area contributed by atoms with Gasteiger partial charge in [-0.05, 0) is 25.3 Å². The number of nitrogens with zero attached hydrogens (tertiary/aromatic N) is 1. The summed E-state index contributed by atoms with van der Waals surface area (Å²) in [6.45, 7) is 3.80. The molecular formula is C17H18N2O4S2. The van der Waals surface area contributed by atoms with Gasteiger partial charge in [0.25, 0.3) is 0 Å². The van der Waals surface area contributed by atoms with Gasteiger partial charge in [-0.15, -0.1) is 11.3 Å². The lowest BCUT2D eigenvalue weighted by Gasteiger charge is -2.28. The van der Waals surface area contributed by atoms with Crippen LogP contribution in [0, 0.1) is 11.3 Å². The maximum atomic E-state index is 12.3. The fraction of sp³-hybridized carbons (Fsp3) is 0.353. The monoisotopic (exact) mass is 378 g/mol. The number of esters is 2. The van der Waals surface area contributed by atoms with Crippen molar-refractivity contribution in [2.24, 2.45) is 0 Å². The molecule has 0 saturated heterocycles. The first kappa shape index (κ1) is 19.1. The Kier molecular flexibility index (Phi) is 6.67. The zero-order chi connectivity index (χ0) is 18.4. The minimum absolute atomic E-state index is 0.0827. The van der Waals surface area contributed by atoms with Crippen molar-refractivity contribution in [2.45, 2.75) is 19.8 Å². The van der Waals surface area contributed by atoms with Gasteiger partial charge < -0.3 is 14.8 Å². The molecule has 1 atom stereocenters. The molecule has 1 aliphatic rings. The number of methoxy groups -OCH3 is 1. The number of allylic oxidation sites excluding steroid dienone is 2. The Bertz CT molecular complexity index is 760. The lowest BCUT2D eigenvalue weighted by Crippen LogP contribution is -2.28. The highest BCUT2D eigenvalue weighted by Gasteiger charge is 2.35. The van der Waals surface area contributed by atoms with Crippen molar-refractivity contribution < 1.29 is 19.1 Å². The van der Waals surface area contributed by atoms with Gasteiger partial charge in [0.1, 0.15) is 0 Å². The Morgan fingerprint density at radius 3 is 2.80 bits per heavy atom. The Balaban J connectivity index is 2.42. The number of carbonyl (C=O) groups is 2. The summed E-state index contributed by atoms with van der Waals surface area (Å²) < 4.78 is 9.83. The van der Waals surface area contributed by atoms with Gasteiger partial charge in [-0.3, -0.25) is 4.79 Å². The first-order chi connectivity index (χ1) is 12.0. The third-order valence-corrected chi connectivity index (χ3v) is 5.45. The minimum atomic E-state index is -0.511. The van der Waals surface area contributed by atoms with E-state index in [-0.39, 0.29) is 11.7 Å². The van der Waals surface area contributed by atoms with Crippen molar-refractivity contribution in [3.63, 3.8) is 0 Å². The molecule has 25 heavy (non-hydrogen) atoms. The fourth-order valence-corrected chi connectivity index (χ4v) is 4.21. The number of hydrogen-bond acceptors (Lipinski definition) is 8. The molecule has 0 saturated carbocycles. The third-order valence-electron chi connectivity index (χ3n) is 3.52. The van der Waals surface area contributed by atoms with E-state index in [0.717, 1.165) is 4.88 Å². The van der Waals surface area contributed by atoms with Crippen LogP contribution in [0.15, 0.2) is 39.4 Å². The Morgan fingerprint density at radius 2 is 2.24 bits per heavy atom. The van der Waals surface area contributed by atoms with Crippen LogP contribution in [-0.4, -0.2) is 31.4 Å². The van der Waals surface area contributed by atoms with E-state index >= 15 is 0 Å². The SMILES string of the molecule is CCOC(=O)CSC1=C(C#N)C(c2cccs2)C(C(=O)OC)=C(C)N1. The molecule has 2 rings (SSSR count). The van der Waals surface area contributed by atoms with Gasteiger partial charge in [-0.2, -0.15) is 5.26 Å². The highest BCUT2D eigenvalue weighted by atomic mass is 32.2. The average Bonchev–Trinajstić information content (AvgIpc) is 3.13. The average molecular weight is 378 g/mol. The molecule has 1 aliphatic heterocycles. The number of dihydropyridines is 1. The molecule has 0 bridgehead atoms. The lowest BCUT2D eigenvalue weighted by molar-refractivity contribution is -0.140. The number of hydrogen-bond donors (Lipinski definition) is 1. The second-order valence-corrected chi connectivity index (χ2v) is 7.02. The van der Waals surface area contributed by atoms with E-state index in [0.29, 0.717) is 28.5 Å². The van der Waals surface area contributed by atoms with E-state index in [1.54, 1.807) is 13.8 Å². The van der Waals surface area contributed by atoms with E-state index in [1.165, 1.54) is 30.2 Å². The highest BCUT2D eigenvalue weighted by molar-refractivity contribution is 8.03. The molecule has 132 valence electrons. The largest absolute Gasteiger partial charge is 0.466 e. The molecule has 0 radical (unpaired) electrons. The topological polar surface area (TPSA) is 88.4 Å². The third kappa shape index (κ3) is 4.24. The van der Waals surface area contributed by atoms with Crippen LogP contribution in [0.3, 0.4) is 0 Å². The maximum absolute atomic E-state index is 12.3. The summed E-state index contributed by atoms with van der Waals surface area (Å²) >= 11 is 2.65. The second-order valence-electron chi connectivity index (χ2n) is 5.05. The Labute approximate surface area is 154 Å². The van der Waals surface area contributed by atoms with Crippen LogP contribution in [0.4, 0.5) is 0 Å². The number of thiophene rings is 1. The van der Waals surface area contributed by atoms with Crippen LogP contribution >= 0.6 is 23.1 Å². The normalized spacial score (nSPS) is 17.0. The number of rotatable bonds is 6. The zero-order valence-electron chi connectivity index (χ0n) is 14.1. The standard InChI is InChI=1S/C17H18N2O4S2/c1-4-23-13(20)9-25-16-11(8-18)15(12-6-5-7-24-12)14(10(2)19-16)17(21)22-3/h5-7,15,19H,4,9H2,1-3H3. The molecule has 0 amide bonds. The molecule has 1 aromatic heterocycles. The highest BCUT2D eigenvalue weighted by Crippen LogP contribution is 2.42. The molecule has 0 aliphatic carbocycles. The molecule has 0 aromatic carbocycles. The molecule has 1 unspecified atom stereocenters. The number of thioether (sulfide) groups is 1. The van der Waals surface area contributed by atoms with E-state index in [9.17, 15) is 14.9 Å². The number of nitriles is 1. The Morgan fingerprint density at radius 1 is 1.48 bits per heavy atom. The molecule has 0 fully saturated rings. The van der Waals surface area contributed by atoms with E-state index < -0.39 is 11.9 Å². The lowest BCUT2D eigenvalue weighted by atomic mass is 9.87. The summed E-state index contributed by atoms with van der Waals surface area (Å²) in [6.07, 6.45) is 0. The number of ether oxygens (including phenoxy) is 2. The van der Waals surface area contributed by atoms with Crippen molar-refractivity contribution in [1.29, 1.82) is 5.26 Å². The summed E-state index contributed by atoms with van der Waals surface area (Å²) in [6, 6.07) is 5.93. The predicted molar refractivity (Wildman–Crippen MR) is 96.6 cm³/mol. The maximum Gasteiger partial charge on any atom is 0.336 e. The summed E-state index contributed by atoms with van der Waals surface area (Å²) in [7, 11) is 1.31. The van der Waals surface area contributed by atoms with E-state index in [1.807, 2.05) is 17.5 Å². The number of nitrogens with one attached hydrogen (secondary N) is 1. The van der Waals surface area contributed by atoms with Gasteiger partial charge in [-0.1, -0.05) is 17.8 Å². The predicted octanol–water partition coefficient (Wildman–Crippen LogP) is 2.91. The number of carbonyl (C=O) groups excluding carboxylic acids is 2. The summed E-state index contributed by atoms with van der Waals surface area (Å²) in [4.78, 5) is 24.8. The summed E-state index contributed by atoms with van der Waals surface area (Å²) in [5.41, 5.74) is 1.40. The molecule has 6 nitrogen and oxygen atoms in total. The van der Waals surface area contributed by atoms with Crippen molar-refractivity contribution >= 4 is 35.0 Å². The van der Waals surface area contributed by atoms with E-state index in [2.05, 4.69) is 11.4 Å².